The summed E-state index contributed by atoms with van der Waals surface area (Å²) in [5.41, 5.74) is 2.82. The average molecular weight is 294 g/mol. The Morgan fingerprint density at radius 2 is 2.14 bits per heavy atom. The molecule has 0 bridgehead atoms. The SMILES string of the molecule is CN(Cc1cccc([N+](=O)[O-])c1NN)CC1(O)CCCC1. The summed E-state index contributed by atoms with van der Waals surface area (Å²) in [6.45, 7) is 1.04. The van der Waals surface area contributed by atoms with Gasteiger partial charge in [0.2, 0.25) is 0 Å². The Balaban J connectivity index is 2.11. The molecule has 0 atom stereocenters. The first-order chi connectivity index (χ1) is 9.95. The van der Waals surface area contributed by atoms with Crippen molar-refractivity contribution in [2.75, 3.05) is 19.0 Å². The maximum absolute atomic E-state index is 11.0. The van der Waals surface area contributed by atoms with Crippen molar-refractivity contribution in [3.05, 3.63) is 33.9 Å². The highest BCUT2D eigenvalue weighted by Gasteiger charge is 2.32. The standard InChI is InChI=1S/C14H22N4O3/c1-17(10-14(19)7-2-3-8-14)9-11-5-4-6-12(18(20)21)13(11)16-15/h4-6,16,19H,2-3,7-10,15H2,1H3. The molecule has 1 aliphatic carbocycles. The van der Waals surface area contributed by atoms with Crippen LogP contribution in [0.1, 0.15) is 31.2 Å². The number of nitrogen functional groups attached to an aromatic ring is 1. The minimum atomic E-state index is -0.633. The molecule has 1 saturated carbocycles. The monoisotopic (exact) mass is 294 g/mol. The summed E-state index contributed by atoms with van der Waals surface area (Å²) in [6, 6.07) is 4.87. The van der Waals surface area contributed by atoms with Crippen molar-refractivity contribution in [2.45, 2.75) is 37.8 Å². The normalized spacial score (nSPS) is 17.1. The molecule has 4 N–H and O–H groups in total. The van der Waals surface area contributed by atoms with E-state index in [4.69, 9.17) is 5.84 Å². The predicted octanol–water partition coefficient (Wildman–Crippen LogP) is 1.62. The van der Waals surface area contributed by atoms with Crippen LogP contribution in [-0.4, -0.2) is 34.1 Å². The van der Waals surface area contributed by atoms with Crippen LogP contribution in [0.3, 0.4) is 0 Å². The number of anilines is 1. The van der Waals surface area contributed by atoms with Crippen LogP contribution < -0.4 is 11.3 Å². The van der Waals surface area contributed by atoms with Gasteiger partial charge >= 0.3 is 0 Å². The molecule has 1 aromatic carbocycles. The molecule has 21 heavy (non-hydrogen) atoms. The van der Waals surface area contributed by atoms with Gasteiger partial charge in [-0.1, -0.05) is 25.0 Å². The van der Waals surface area contributed by atoms with Crippen LogP contribution in [0.2, 0.25) is 0 Å². The van der Waals surface area contributed by atoms with E-state index in [2.05, 4.69) is 5.43 Å². The molecule has 0 heterocycles. The van der Waals surface area contributed by atoms with E-state index in [0.29, 0.717) is 18.8 Å². The van der Waals surface area contributed by atoms with E-state index in [-0.39, 0.29) is 5.69 Å². The zero-order valence-corrected chi connectivity index (χ0v) is 12.2. The number of likely N-dealkylation sites (N-methyl/N-ethyl adjacent to an activating group) is 1. The molecule has 0 amide bonds. The first-order valence-electron chi connectivity index (χ1n) is 7.09. The topological polar surface area (TPSA) is 105 Å². The van der Waals surface area contributed by atoms with Crippen molar-refractivity contribution in [3.63, 3.8) is 0 Å². The number of rotatable bonds is 6. The van der Waals surface area contributed by atoms with E-state index in [0.717, 1.165) is 31.2 Å². The highest BCUT2D eigenvalue weighted by atomic mass is 16.6. The van der Waals surface area contributed by atoms with E-state index in [1.807, 2.05) is 11.9 Å². The Kier molecular flexibility index (Phi) is 4.76. The number of benzene rings is 1. The lowest BCUT2D eigenvalue weighted by atomic mass is 10.0. The number of nitrogens with two attached hydrogens (primary N) is 1. The molecule has 1 aliphatic rings. The number of nitro benzene ring substituents is 1. The van der Waals surface area contributed by atoms with Gasteiger partial charge in [-0.3, -0.25) is 20.9 Å². The lowest BCUT2D eigenvalue weighted by molar-refractivity contribution is -0.384. The predicted molar refractivity (Wildman–Crippen MR) is 80.7 cm³/mol. The van der Waals surface area contributed by atoms with E-state index >= 15 is 0 Å². The van der Waals surface area contributed by atoms with Crippen LogP contribution in [0.4, 0.5) is 11.4 Å². The van der Waals surface area contributed by atoms with Crippen molar-refractivity contribution in [1.29, 1.82) is 0 Å². The third-order valence-electron chi connectivity index (χ3n) is 4.01. The number of nitrogens with zero attached hydrogens (tertiary/aromatic N) is 2. The molecule has 1 fully saturated rings. The summed E-state index contributed by atoms with van der Waals surface area (Å²) in [4.78, 5) is 12.5. The molecular weight excluding hydrogens is 272 g/mol. The van der Waals surface area contributed by atoms with Crippen molar-refractivity contribution < 1.29 is 10.0 Å². The largest absolute Gasteiger partial charge is 0.389 e. The Hall–Kier alpha value is -1.70. The Labute approximate surface area is 123 Å². The smallest absolute Gasteiger partial charge is 0.293 e. The number of hydrogen-bond acceptors (Lipinski definition) is 6. The molecule has 0 aromatic heterocycles. The second-order valence-electron chi connectivity index (χ2n) is 5.82. The summed E-state index contributed by atoms with van der Waals surface area (Å²) in [5, 5.41) is 21.4. The molecule has 0 saturated heterocycles. The van der Waals surface area contributed by atoms with Gasteiger partial charge in [-0.25, -0.2) is 0 Å². The molecule has 116 valence electrons. The minimum Gasteiger partial charge on any atom is -0.389 e. The zero-order chi connectivity index (χ0) is 15.5. The van der Waals surface area contributed by atoms with Crippen LogP contribution in [0.5, 0.6) is 0 Å². The summed E-state index contributed by atoms with van der Waals surface area (Å²) in [5.74, 6) is 5.43. The van der Waals surface area contributed by atoms with Crippen LogP contribution in [0.25, 0.3) is 0 Å². The van der Waals surface area contributed by atoms with Crippen molar-refractivity contribution in [3.8, 4) is 0 Å². The quantitative estimate of drug-likeness (QED) is 0.418. The van der Waals surface area contributed by atoms with Crippen LogP contribution in [0.15, 0.2) is 18.2 Å². The third kappa shape index (κ3) is 3.69. The van der Waals surface area contributed by atoms with Crippen LogP contribution >= 0.6 is 0 Å². The summed E-state index contributed by atoms with van der Waals surface area (Å²) in [6.07, 6.45) is 3.73. The minimum absolute atomic E-state index is 0.0389. The van der Waals surface area contributed by atoms with Gasteiger partial charge in [0.1, 0.15) is 5.69 Å². The van der Waals surface area contributed by atoms with E-state index in [9.17, 15) is 15.2 Å². The second-order valence-corrected chi connectivity index (χ2v) is 5.82. The highest BCUT2D eigenvalue weighted by Crippen LogP contribution is 2.32. The lowest BCUT2D eigenvalue weighted by Gasteiger charge is -2.29. The van der Waals surface area contributed by atoms with Gasteiger partial charge in [-0.05, 0) is 25.5 Å². The van der Waals surface area contributed by atoms with E-state index < -0.39 is 10.5 Å². The molecule has 7 nitrogen and oxygen atoms in total. The van der Waals surface area contributed by atoms with Gasteiger partial charge in [0, 0.05) is 19.2 Å². The number of aliphatic hydroxyl groups is 1. The fourth-order valence-electron chi connectivity index (χ4n) is 3.08. The summed E-state index contributed by atoms with van der Waals surface area (Å²) in [7, 11) is 1.90. The maximum Gasteiger partial charge on any atom is 0.293 e. The highest BCUT2D eigenvalue weighted by molar-refractivity contribution is 5.65. The van der Waals surface area contributed by atoms with Crippen molar-refractivity contribution >= 4 is 11.4 Å². The Bertz CT molecular complexity index is 515. The zero-order valence-electron chi connectivity index (χ0n) is 12.2. The summed E-state index contributed by atoms with van der Waals surface area (Å²) < 4.78 is 0. The van der Waals surface area contributed by atoms with Crippen molar-refractivity contribution in [1.82, 2.24) is 4.90 Å². The molecule has 0 aliphatic heterocycles. The van der Waals surface area contributed by atoms with Crippen LogP contribution in [-0.2, 0) is 6.54 Å². The van der Waals surface area contributed by atoms with Gasteiger partial charge in [0.15, 0.2) is 0 Å². The second kappa shape index (κ2) is 6.38. The number of nitro groups is 1. The Morgan fingerprint density at radius 3 is 2.71 bits per heavy atom. The number of hydrogen-bond donors (Lipinski definition) is 3. The summed E-state index contributed by atoms with van der Waals surface area (Å²) >= 11 is 0. The maximum atomic E-state index is 11.0. The number of hydrazine groups is 1. The molecular formula is C14H22N4O3. The van der Waals surface area contributed by atoms with Gasteiger partial charge in [0.25, 0.3) is 5.69 Å². The fourth-order valence-corrected chi connectivity index (χ4v) is 3.08. The first-order valence-corrected chi connectivity index (χ1v) is 7.09. The number of para-hydroxylation sites is 1. The molecule has 2 rings (SSSR count). The third-order valence-corrected chi connectivity index (χ3v) is 4.01. The molecule has 1 aromatic rings. The Morgan fingerprint density at radius 1 is 1.48 bits per heavy atom. The van der Waals surface area contributed by atoms with Gasteiger partial charge in [0.05, 0.1) is 10.5 Å². The van der Waals surface area contributed by atoms with Gasteiger partial charge < -0.3 is 10.5 Å². The molecule has 0 unspecified atom stereocenters. The first kappa shape index (κ1) is 15.7. The average Bonchev–Trinajstić information content (AvgIpc) is 2.84. The lowest BCUT2D eigenvalue weighted by Crippen LogP contribution is -2.38. The molecule has 0 radical (unpaired) electrons. The number of nitrogens with one attached hydrogen (secondary N) is 1. The van der Waals surface area contributed by atoms with Crippen molar-refractivity contribution in [2.24, 2.45) is 5.84 Å². The molecule has 7 heteroatoms. The molecule has 0 spiro atoms. The van der Waals surface area contributed by atoms with E-state index in [1.54, 1.807) is 12.1 Å². The fraction of sp³-hybridized carbons (Fsp3) is 0.571. The van der Waals surface area contributed by atoms with Gasteiger partial charge in [-0.15, -0.1) is 0 Å². The van der Waals surface area contributed by atoms with Crippen LogP contribution in [0, 0.1) is 10.1 Å². The van der Waals surface area contributed by atoms with Gasteiger partial charge in [-0.2, -0.15) is 0 Å². The van der Waals surface area contributed by atoms with E-state index in [1.165, 1.54) is 6.07 Å².